The molecule has 1 N–H and O–H groups in total. The Morgan fingerprint density at radius 1 is 1.48 bits per heavy atom. The molecule has 21 heavy (non-hydrogen) atoms. The van der Waals surface area contributed by atoms with Crippen molar-refractivity contribution in [3.8, 4) is 0 Å². The van der Waals surface area contributed by atoms with Crippen LogP contribution >= 0.6 is 11.3 Å². The van der Waals surface area contributed by atoms with E-state index in [1.165, 1.54) is 15.9 Å². The lowest BCUT2D eigenvalue weighted by Crippen LogP contribution is -2.49. The van der Waals surface area contributed by atoms with Crippen LogP contribution in [0.5, 0.6) is 0 Å². The van der Waals surface area contributed by atoms with Gasteiger partial charge < -0.3 is 10.0 Å². The minimum atomic E-state index is -0.901. The van der Waals surface area contributed by atoms with Gasteiger partial charge in [-0.1, -0.05) is 13.3 Å². The van der Waals surface area contributed by atoms with E-state index in [1.807, 2.05) is 19.1 Å². The Hall–Kier alpha value is -1.62. The molecule has 0 bridgehead atoms. The first-order valence-electron chi connectivity index (χ1n) is 7.29. The molecule has 2 unspecified atom stereocenters. The van der Waals surface area contributed by atoms with Crippen molar-refractivity contribution in [1.82, 2.24) is 4.90 Å². The number of aryl methyl sites for hydroxylation is 1. The lowest BCUT2D eigenvalue weighted by atomic mass is 9.89. The number of amides is 1. The van der Waals surface area contributed by atoms with Crippen molar-refractivity contribution in [3.63, 3.8) is 0 Å². The molecule has 2 heterocycles. The molecule has 1 aliphatic rings. The minimum Gasteiger partial charge on any atom is -0.480 e. The summed E-state index contributed by atoms with van der Waals surface area (Å²) in [5.41, 5.74) is 0. The van der Waals surface area contributed by atoms with Crippen molar-refractivity contribution in [2.75, 3.05) is 6.54 Å². The normalized spacial score (nSPS) is 22.7. The number of carboxylic acids is 1. The van der Waals surface area contributed by atoms with E-state index in [9.17, 15) is 14.7 Å². The van der Waals surface area contributed by atoms with Gasteiger partial charge in [-0.25, -0.2) is 4.79 Å². The molecule has 0 radical (unpaired) electrons. The number of rotatable bonds is 4. The molecule has 2 rings (SSSR count). The van der Waals surface area contributed by atoms with Crippen molar-refractivity contribution < 1.29 is 14.7 Å². The molecule has 0 saturated carbocycles. The summed E-state index contributed by atoms with van der Waals surface area (Å²) in [6.45, 7) is 4.61. The fourth-order valence-corrected chi connectivity index (χ4v) is 3.48. The largest absolute Gasteiger partial charge is 0.480 e. The van der Waals surface area contributed by atoms with Crippen LogP contribution < -0.4 is 0 Å². The molecular weight excluding hydrogens is 286 g/mol. The Labute approximate surface area is 129 Å². The van der Waals surface area contributed by atoms with E-state index in [1.54, 1.807) is 17.4 Å². The molecular formula is C16H21NO3S. The molecule has 1 amide bonds. The first kappa shape index (κ1) is 15.8. The van der Waals surface area contributed by atoms with Crippen molar-refractivity contribution in [3.05, 3.63) is 28.0 Å². The van der Waals surface area contributed by atoms with E-state index in [4.69, 9.17) is 0 Å². The van der Waals surface area contributed by atoms with Gasteiger partial charge >= 0.3 is 5.97 Å². The number of nitrogens with zero attached hydrogens (tertiary/aromatic N) is 1. The third-order valence-corrected chi connectivity index (χ3v) is 4.97. The Balaban J connectivity index is 2.06. The number of carboxylic acid groups (broad SMARTS) is 1. The van der Waals surface area contributed by atoms with Crippen molar-refractivity contribution >= 4 is 29.3 Å². The smallest absolute Gasteiger partial charge is 0.326 e. The molecule has 114 valence electrons. The molecule has 0 aromatic carbocycles. The highest BCUT2D eigenvalue weighted by Crippen LogP contribution is 2.26. The number of hydrogen-bond donors (Lipinski definition) is 1. The third-order valence-electron chi connectivity index (χ3n) is 4.01. The first-order chi connectivity index (χ1) is 10.0. The Morgan fingerprint density at radius 2 is 2.24 bits per heavy atom. The summed E-state index contributed by atoms with van der Waals surface area (Å²) < 4.78 is 0. The van der Waals surface area contributed by atoms with Gasteiger partial charge in [-0.2, -0.15) is 0 Å². The predicted molar refractivity (Wildman–Crippen MR) is 84.2 cm³/mol. The molecule has 4 nitrogen and oxygen atoms in total. The monoisotopic (exact) mass is 307 g/mol. The van der Waals surface area contributed by atoms with Gasteiger partial charge in [0.15, 0.2) is 0 Å². The minimum absolute atomic E-state index is 0.206. The van der Waals surface area contributed by atoms with Crippen molar-refractivity contribution in [2.24, 2.45) is 5.92 Å². The zero-order valence-electron chi connectivity index (χ0n) is 12.4. The van der Waals surface area contributed by atoms with Crippen LogP contribution in [-0.2, 0) is 9.59 Å². The van der Waals surface area contributed by atoms with Crippen LogP contribution in [0.15, 0.2) is 18.2 Å². The number of piperidine rings is 1. The maximum absolute atomic E-state index is 12.3. The quantitative estimate of drug-likeness (QED) is 0.869. The second kappa shape index (κ2) is 6.89. The molecule has 1 aliphatic heterocycles. The Bertz CT molecular complexity index is 549. The highest BCUT2D eigenvalue weighted by molar-refractivity contribution is 7.12. The molecule has 1 fully saturated rings. The van der Waals surface area contributed by atoms with Crippen LogP contribution in [0.2, 0.25) is 0 Å². The van der Waals surface area contributed by atoms with E-state index in [-0.39, 0.29) is 5.91 Å². The molecule has 1 saturated heterocycles. The van der Waals surface area contributed by atoms with Crippen LogP contribution in [0.3, 0.4) is 0 Å². The van der Waals surface area contributed by atoms with Gasteiger partial charge in [0.05, 0.1) is 0 Å². The van der Waals surface area contributed by atoms with E-state index in [0.717, 1.165) is 17.7 Å². The molecule has 0 spiro atoms. The summed E-state index contributed by atoms with van der Waals surface area (Å²) in [6, 6.07) is 3.27. The lowest BCUT2D eigenvalue weighted by Gasteiger charge is -2.36. The first-order valence-corrected chi connectivity index (χ1v) is 8.10. The van der Waals surface area contributed by atoms with Crippen molar-refractivity contribution in [2.45, 2.75) is 39.2 Å². The van der Waals surface area contributed by atoms with Gasteiger partial charge in [-0.3, -0.25) is 4.79 Å². The molecule has 1 aromatic rings. The summed E-state index contributed by atoms with van der Waals surface area (Å²) in [6.07, 6.45) is 5.68. The van der Waals surface area contributed by atoms with Crippen LogP contribution in [0, 0.1) is 12.8 Å². The molecule has 5 heteroatoms. The highest BCUT2D eigenvalue weighted by Gasteiger charge is 2.34. The van der Waals surface area contributed by atoms with Crippen LogP contribution in [-0.4, -0.2) is 34.5 Å². The number of likely N-dealkylation sites (tertiary alicyclic amines) is 1. The second-order valence-corrected chi connectivity index (χ2v) is 6.79. The van der Waals surface area contributed by atoms with Crippen LogP contribution in [0.1, 0.15) is 35.9 Å². The van der Waals surface area contributed by atoms with Crippen LogP contribution in [0.25, 0.3) is 6.08 Å². The SMILES string of the molecule is CCC1CCN(C(=O)/C=C/c2ccc(C)s2)C(C(=O)O)C1. The van der Waals surface area contributed by atoms with E-state index < -0.39 is 12.0 Å². The number of carbonyl (C=O) groups is 2. The van der Waals surface area contributed by atoms with Gasteiger partial charge in [-0.05, 0) is 43.9 Å². The fraction of sp³-hybridized carbons (Fsp3) is 0.500. The summed E-state index contributed by atoms with van der Waals surface area (Å²) in [7, 11) is 0. The average Bonchev–Trinajstić information content (AvgIpc) is 2.89. The summed E-state index contributed by atoms with van der Waals surface area (Å²) in [5.74, 6) is -0.705. The van der Waals surface area contributed by atoms with E-state index >= 15 is 0 Å². The van der Waals surface area contributed by atoms with Gasteiger partial charge in [-0.15, -0.1) is 11.3 Å². The second-order valence-electron chi connectivity index (χ2n) is 5.47. The average molecular weight is 307 g/mol. The van der Waals surface area contributed by atoms with Crippen molar-refractivity contribution in [1.29, 1.82) is 0 Å². The Kier molecular flexibility index (Phi) is 5.17. The van der Waals surface area contributed by atoms with Gasteiger partial charge in [0.2, 0.25) is 5.91 Å². The molecule has 2 atom stereocenters. The van der Waals surface area contributed by atoms with E-state index in [2.05, 4.69) is 6.92 Å². The van der Waals surface area contributed by atoms with Gasteiger partial charge in [0, 0.05) is 22.4 Å². The maximum Gasteiger partial charge on any atom is 0.326 e. The standard InChI is InChI=1S/C16H21NO3S/c1-3-12-8-9-17(14(10-12)16(19)20)15(18)7-6-13-5-4-11(2)21-13/h4-7,12,14H,3,8-10H2,1-2H3,(H,19,20)/b7-6+. The fourth-order valence-electron chi connectivity index (χ4n) is 2.70. The predicted octanol–water partition coefficient (Wildman–Crippen LogP) is 3.17. The number of aliphatic carboxylic acids is 1. The van der Waals surface area contributed by atoms with Gasteiger partial charge in [0.1, 0.15) is 6.04 Å². The highest BCUT2D eigenvalue weighted by atomic mass is 32.1. The summed E-state index contributed by atoms with van der Waals surface area (Å²) in [5, 5.41) is 9.34. The maximum atomic E-state index is 12.3. The Morgan fingerprint density at radius 3 is 2.81 bits per heavy atom. The summed E-state index contributed by atoms with van der Waals surface area (Å²) >= 11 is 1.61. The molecule has 1 aromatic heterocycles. The van der Waals surface area contributed by atoms with Gasteiger partial charge in [0.25, 0.3) is 0 Å². The number of thiophene rings is 1. The topological polar surface area (TPSA) is 57.6 Å². The lowest BCUT2D eigenvalue weighted by molar-refractivity contribution is -0.151. The molecule has 0 aliphatic carbocycles. The zero-order valence-corrected chi connectivity index (χ0v) is 13.2. The summed E-state index contributed by atoms with van der Waals surface area (Å²) in [4.78, 5) is 27.4. The number of carbonyl (C=O) groups excluding carboxylic acids is 1. The van der Waals surface area contributed by atoms with Crippen LogP contribution in [0.4, 0.5) is 0 Å². The zero-order chi connectivity index (χ0) is 15.4. The van der Waals surface area contributed by atoms with E-state index in [0.29, 0.717) is 18.9 Å². The third kappa shape index (κ3) is 3.94. The number of hydrogen-bond acceptors (Lipinski definition) is 3.